The summed E-state index contributed by atoms with van der Waals surface area (Å²) in [6.07, 6.45) is 0.0141. The molecule has 6 nitrogen and oxygen atoms in total. The highest BCUT2D eigenvalue weighted by molar-refractivity contribution is 5.97. The Morgan fingerprint density at radius 3 is 2.61 bits per heavy atom. The lowest BCUT2D eigenvalue weighted by molar-refractivity contribution is -0.121. The standard InChI is InChI=1S/C21H16FN3O3/c22-16-7-2-4-9-19(16)25(13-5-12-23)20(26)14-28-21(27)18-11-10-15-6-1-3-8-17(15)24-18/h1-4,6-11H,5,13-14H2. The average Bonchev–Trinajstić information content (AvgIpc) is 2.73. The van der Waals surface area contributed by atoms with Gasteiger partial charge >= 0.3 is 5.97 Å². The maximum atomic E-state index is 14.0. The molecule has 0 aliphatic carbocycles. The van der Waals surface area contributed by atoms with Crippen molar-refractivity contribution in [1.29, 1.82) is 5.26 Å². The third kappa shape index (κ3) is 4.30. The largest absolute Gasteiger partial charge is 0.451 e. The number of carbonyl (C=O) groups excluding carboxylic acids is 2. The fourth-order valence-electron chi connectivity index (χ4n) is 2.67. The van der Waals surface area contributed by atoms with Crippen molar-refractivity contribution in [2.75, 3.05) is 18.1 Å². The predicted octanol–water partition coefficient (Wildman–Crippen LogP) is 3.48. The summed E-state index contributed by atoms with van der Waals surface area (Å²) in [5.41, 5.74) is 0.730. The lowest BCUT2D eigenvalue weighted by atomic mass is 10.2. The molecule has 0 atom stereocenters. The summed E-state index contributed by atoms with van der Waals surface area (Å²) in [5, 5.41) is 9.66. The number of rotatable bonds is 6. The number of halogens is 1. The fourth-order valence-corrected chi connectivity index (χ4v) is 2.67. The third-order valence-corrected chi connectivity index (χ3v) is 4.03. The van der Waals surface area contributed by atoms with Gasteiger partial charge in [0.05, 0.1) is 23.7 Å². The summed E-state index contributed by atoms with van der Waals surface area (Å²) in [6.45, 7) is -0.602. The molecule has 0 spiro atoms. The van der Waals surface area contributed by atoms with Gasteiger partial charge in [-0.3, -0.25) is 4.79 Å². The Bertz CT molecular complexity index is 1060. The number of nitriles is 1. The van der Waals surface area contributed by atoms with Crippen LogP contribution in [0.4, 0.5) is 10.1 Å². The van der Waals surface area contributed by atoms with E-state index >= 15 is 0 Å². The zero-order valence-electron chi connectivity index (χ0n) is 14.8. The molecule has 140 valence electrons. The molecule has 1 amide bonds. The Balaban J connectivity index is 1.71. The van der Waals surface area contributed by atoms with Gasteiger partial charge in [-0.15, -0.1) is 0 Å². The molecule has 0 unspecified atom stereocenters. The Kier molecular flexibility index (Phi) is 5.92. The number of ether oxygens (including phenoxy) is 1. The Morgan fingerprint density at radius 2 is 1.82 bits per heavy atom. The normalized spacial score (nSPS) is 10.3. The van der Waals surface area contributed by atoms with Crippen LogP contribution in [0.1, 0.15) is 16.9 Å². The van der Waals surface area contributed by atoms with Crippen molar-refractivity contribution in [2.45, 2.75) is 6.42 Å². The summed E-state index contributed by atoms with van der Waals surface area (Å²) in [5.74, 6) is -1.99. The molecule has 0 saturated carbocycles. The number of fused-ring (bicyclic) bond motifs is 1. The van der Waals surface area contributed by atoms with Gasteiger partial charge in [0.15, 0.2) is 6.61 Å². The average molecular weight is 377 g/mol. The molecule has 7 heteroatoms. The molecule has 0 N–H and O–H groups in total. The van der Waals surface area contributed by atoms with Gasteiger partial charge in [-0.2, -0.15) is 5.26 Å². The molecule has 0 saturated heterocycles. The van der Waals surface area contributed by atoms with Crippen LogP contribution in [-0.4, -0.2) is 30.0 Å². The number of pyridine rings is 1. The van der Waals surface area contributed by atoms with Crippen LogP contribution in [0.3, 0.4) is 0 Å². The maximum absolute atomic E-state index is 14.0. The first-order valence-corrected chi connectivity index (χ1v) is 8.55. The lowest BCUT2D eigenvalue weighted by Crippen LogP contribution is -2.36. The Labute approximate surface area is 160 Å². The van der Waals surface area contributed by atoms with Crippen molar-refractivity contribution in [2.24, 2.45) is 0 Å². The van der Waals surface area contributed by atoms with Crippen LogP contribution in [0.25, 0.3) is 10.9 Å². The molecule has 3 rings (SSSR count). The summed E-state index contributed by atoms with van der Waals surface area (Å²) < 4.78 is 19.1. The van der Waals surface area contributed by atoms with Gasteiger partial charge in [0, 0.05) is 11.9 Å². The number of esters is 1. The number of hydrogen-bond donors (Lipinski definition) is 0. The van der Waals surface area contributed by atoms with E-state index in [4.69, 9.17) is 10.00 Å². The van der Waals surface area contributed by atoms with E-state index in [1.165, 1.54) is 24.3 Å². The van der Waals surface area contributed by atoms with E-state index < -0.39 is 24.3 Å². The molecule has 28 heavy (non-hydrogen) atoms. The molecule has 2 aromatic carbocycles. The highest BCUT2D eigenvalue weighted by Crippen LogP contribution is 2.19. The molecule has 0 radical (unpaired) electrons. The quantitative estimate of drug-likeness (QED) is 0.614. The molecule has 0 aliphatic heterocycles. The number of benzene rings is 2. The number of aromatic nitrogens is 1. The number of amides is 1. The van der Waals surface area contributed by atoms with Gasteiger partial charge in [-0.05, 0) is 24.3 Å². The molecule has 3 aromatic rings. The number of para-hydroxylation sites is 2. The first-order valence-electron chi connectivity index (χ1n) is 8.55. The summed E-state index contributed by atoms with van der Waals surface area (Å²) in [4.78, 5) is 30.1. The van der Waals surface area contributed by atoms with Crippen LogP contribution in [0.15, 0.2) is 60.7 Å². The second kappa shape index (κ2) is 8.73. The highest BCUT2D eigenvalue weighted by Gasteiger charge is 2.21. The number of anilines is 1. The summed E-state index contributed by atoms with van der Waals surface area (Å²) in [7, 11) is 0. The van der Waals surface area contributed by atoms with E-state index in [-0.39, 0.29) is 24.3 Å². The van der Waals surface area contributed by atoms with Crippen molar-refractivity contribution in [1.82, 2.24) is 4.98 Å². The topological polar surface area (TPSA) is 83.3 Å². The van der Waals surface area contributed by atoms with Gasteiger partial charge in [0.1, 0.15) is 11.5 Å². The van der Waals surface area contributed by atoms with E-state index in [0.29, 0.717) is 5.52 Å². The van der Waals surface area contributed by atoms with E-state index in [1.54, 1.807) is 24.3 Å². The molecule has 0 fully saturated rings. The minimum absolute atomic E-state index is 0.0119. The third-order valence-electron chi connectivity index (χ3n) is 4.03. The fraction of sp³-hybridized carbons (Fsp3) is 0.143. The lowest BCUT2D eigenvalue weighted by Gasteiger charge is -2.22. The molecule has 1 aromatic heterocycles. The molecule has 0 bridgehead atoms. The number of hydrogen-bond acceptors (Lipinski definition) is 5. The monoisotopic (exact) mass is 377 g/mol. The van der Waals surface area contributed by atoms with E-state index in [9.17, 15) is 14.0 Å². The van der Waals surface area contributed by atoms with Crippen molar-refractivity contribution in [3.8, 4) is 6.07 Å². The van der Waals surface area contributed by atoms with Gasteiger partial charge < -0.3 is 9.64 Å². The van der Waals surface area contributed by atoms with E-state index in [2.05, 4.69) is 4.98 Å². The molecular formula is C21H16FN3O3. The SMILES string of the molecule is N#CCCN(C(=O)COC(=O)c1ccc2ccccc2n1)c1ccccc1F. The second-order valence-electron chi connectivity index (χ2n) is 5.87. The first kappa shape index (κ1) is 19.0. The minimum atomic E-state index is -0.757. The van der Waals surface area contributed by atoms with E-state index in [1.807, 2.05) is 18.2 Å². The van der Waals surface area contributed by atoms with Crippen molar-refractivity contribution < 1.29 is 18.7 Å². The van der Waals surface area contributed by atoms with Crippen LogP contribution in [-0.2, 0) is 9.53 Å². The maximum Gasteiger partial charge on any atom is 0.357 e. The zero-order chi connectivity index (χ0) is 19.9. The van der Waals surface area contributed by atoms with Gasteiger partial charge in [0.25, 0.3) is 5.91 Å². The Hall–Kier alpha value is -3.79. The zero-order valence-corrected chi connectivity index (χ0v) is 14.8. The second-order valence-corrected chi connectivity index (χ2v) is 5.87. The van der Waals surface area contributed by atoms with Crippen molar-refractivity contribution >= 4 is 28.5 Å². The van der Waals surface area contributed by atoms with Crippen molar-refractivity contribution in [3.05, 3.63) is 72.2 Å². The van der Waals surface area contributed by atoms with E-state index in [0.717, 1.165) is 10.3 Å². The minimum Gasteiger partial charge on any atom is -0.451 e. The van der Waals surface area contributed by atoms with Crippen LogP contribution in [0.2, 0.25) is 0 Å². The first-order chi connectivity index (χ1) is 13.6. The Morgan fingerprint density at radius 1 is 1.07 bits per heavy atom. The molecule has 1 heterocycles. The van der Waals surface area contributed by atoms with Crippen LogP contribution < -0.4 is 4.90 Å². The predicted molar refractivity (Wildman–Crippen MR) is 101 cm³/mol. The van der Waals surface area contributed by atoms with Gasteiger partial charge in [0.2, 0.25) is 0 Å². The molecular weight excluding hydrogens is 361 g/mol. The molecule has 0 aliphatic rings. The smallest absolute Gasteiger partial charge is 0.357 e. The number of nitrogens with zero attached hydrogens (tertiary/aromatic N) is 3. The van der Waals surface area contributed by atoms with Crippen molar-refractivity contribution in [3.63, 3.8) is 0 Å². The van der Waals surface area contributed by atoms with Crippen LogP contribution >= 0.6 is 0 Å². The van der Waals surface area contributed by atoms with Gasteiger partial charge in [-0.25, -0.2) is 14.2 Å². The summed E-state index contributed by atoms with van der Waals surface area (Å²) in [6, 6.07) is 18.2. The van der Waals surface area contributed by atoms with Crippen LogP contribution in [0.5, 0.6) is 0 Å². The number of carbonyl (C=O) groups is 2. The van der Waals surface area contributed by atoms with Gasteiger partial charge in [-0.1, -0.05) is 36.4 Å². The summed E-state index contributed by atoms with van der Waals surface area (Å²) >= 11 is 0. The highest BCUT2D eigenvalue weighted by atomic mass is 19.1. The van der Waals surface area contributed by atoms with Crippen LogP contribution in [0, 0.1) is 17.1 Å².